The highest BCUT2D eigenvalue weighted by Gasteiger charge is 2.06. The van der Waals surface area contributed by atoms with Crippen molar-refractivity contribution in [3.8, 4) is 11.5 Å². The third kappa shape index (κ3) is 5.94. The zero-order valence-electron chi connectivity index (χ0n) is 12.1. The van der Waals surface area contributed by atoms with Gasteiger partial charge in [-0.25, -0.2) is 0 Å². The van der Waals surface area contributed by atoms with Gasteiger partial charge in [-0.05, 0) is 39.3 Å². The topological polar surface area (TPSA) is 50.7 Å². The molecule has 0 amide bonds. The number of benzene rings is 1. The maximum atomic E-state index is 9.91. The molecule has 0 bridgehead atoms. The van der Waals surface area contributed by atoms with Crippen molar-refractivity contribution in [3.63, 3.8) is 0 Å². The summed E-state index contributed by atoms with van der Waals surface area (Å²) in [4.78, 5) is 0. The highest BCUT2D eigenvalue weighted by atomic mass is 16.5. The zero-order chi connectivity index (χ0) is 14.1. The van der Waals surface area contributed by atoms with Crippen LogP contribution < -0.4 is 10.1 Å². The SMILES string of the molecule is COc1cccc(CNCCCCOC(C)C)c1O. The lowest BCUT2D eigenvalue weighted by Gasteiger charge is -2.10. The van der Waals surface area contributed by atoms with Gasteiger partial charge in [0.1, 0.15) is 0 Å². The molecule has 2 N–H and O–H groups in total. The first-order chi connectivity index (χ1) is 9.15. The fourth-order valence-corrected chi connectivity index (χ4v) is 1.77. The van der Waals surface area contributed by atoms with Gasteiger partial charge in [0, 0.05) is 18.7 Å². The Labute approximate surface area is 115 Å². The Balaban J connectivity index is 2.19. The Morgan fingerprint density at radius 2 is 2.05 bits per heavy atom. The third-order valence-corrected chi connectivity index (χ3v) is 2.82. The van der Waals surface area contributed by atoms with Crippen molar-refractivity contribution in [1.29, 1.82) is 0 Å². The molecule has 0 heterocycles. The molecule has 4 heteroatoms. The van der Waals surface area contributed by atoms with E-state index in [1.54, 1.807) is 13.2 Å². The molecule has 0 radical (unpaired) electrons. The molecule has 0 fully saturated rings. The first kappa shape index (κ1) is 15.8. The van der Waals surface area contributed by atoms with Crippen LogP contribution in [0.15, 0.2) is 18.2 Å². The minimum atomic E-state index is 0.223. The highest BCUT2D eigenvalue weighted by Crippen LogP contribution is 2.28. The van der Waals surface area contributed by atoms with E-state index >= 15 is 0 Å². The Hall–Kier alpha value is -1.26. The molecular weight excluding hydrogens is 242 g/mol. The zero-order valence-corrected chi connectivity index (χ0v) is 12.1. The van der Waals surface area contributed by atoms with Gasteiger partial charge in [0.2, 0.25) is 0 Å². The number of phenols is 1. The predicted octanol–water partition coefficient (Wildman–Crippen LogP) is 2.70. The van der Waals surface area contributed by atoms with Gasteiger partial charge in [-0.15, -0.1) is 0 Å². The Bertz CT molecular complexity index is 366. The lowest BCUT2D eigenvalue weighted by atomic mass is 10.2. The van der Waals surface area contributed by atoms with Crippen LogP contribution in [-0.4, -0.2) is 31.5 Å². The first-order valence-electron chi connectivity index (χ1n) is 6.82. The van der Waals surface area contributed by atoms with Crippen molar-refractivity contribution in [1.82, 2.24) is 5.32 Å². The molecule has 4 nitrogen and oxygen atoms in total. The van der Waals surface area contributed by atoms with Crippen LogP contribution in [0, 0.1) is 0 Å². The van der Waals surface area contributed by atoms with Crippen molar-refractivity contribution >= 4 is 0 Å². The molecule has 108 valence electrons. The van der Waals surface area contributed by atoms with Crippen molar-refractivity contribution in [2.45, 2.75) is 39.3 Å². The number of methoxy groups -OCH3 is 1. The summed E-state index contributed by atoms with van der Waals surface area (Å²) in [7, 11) is 1.56. The molecule has 0 aliphatic heterocycles. The number of phenolic OH excluding ortho intramolecular Hbond substituents is 1. The van der Waals surface area contributed by atoms with Gasteiger partial charge >= 0.3 is 0 Å². The van der Waals surface area contributed by atoms with Gasteiger partial charge in [0.05, 0.1) is 13.2 Å². The summed E-state index contributed by atoms with van der Waals surface area (Å²) in [6.07, 6.45) is 2.42. The number of hydrogen-bond donors (Lipinski definition) is 2. The molecule has 0 aliphatic rings. The second kappa shape index (κ2) is 8.77. The Kier molecular flexibility index (Phi) is 7.30. The molecule has 0 atom stereocenters. The van der Waals surface area contributed by atoms with Gasteiger partial charge in [-0.2, -0.15) is 0 Å². The molecule has 1 aromatic carbocycles. The summed E-state index contributed by atoms with van der Waals surface area (Å²) in [5, 5.41) is 13.2. The smallest absolute Gasteiger partial charge is 0.162 e. The van der Waals surface area contributed by atoms with E-state index in [4.69, 9.17) is 9.47 Å². The molecule has 19 heavy (non-hydrogen) atoms. The van der Waals surface area contributed by atoms with Crippen molar-refractivity contribution in [2.75, 3.05) is 20.3 Å². The van der Waals surface area contributed by atoms with E-state index in [9.17, 15) is 5.11 Å². The molecular formula is C15H25NO3. The standard InChI is InChI=1S/C15H25NO3/c1-12(2)19-10-5-4-9-16-11-13-7-6-8-14(18-3)15(13)17/h6-8,12,16-17H,4-5,9-11H2,1-3H3. The summed E-state index contributed by atoms with van der Waals surface area (Å²) in [6, 6.07) is 5.53. The monoisotopic (exact) mass is 267 g/mol. The second-order valence-electron chi connectivity index (χ2n) is 4.77. The van der Waals surface area contributed by atoms with Gasteiger partial charge in [-0.1, -0.05) is 12.1 Å². The minimum absolute atomic E-state index is 0.223. The lowest BCUT2D eigenvalue weighted by Crippen LogP contribution is -2.15. The quantitative estimate of drug-likeness (QED) is 0.675. The molecule has 0 aliphatic carbocycles. The summed E-state index contributed by atoms with van der Waals surface area (Å²) in [5.74, 6) is 0.741. The normalized spacial score (nSPS) is 10.9. The average Bonchev–Trinajstić information content (AvgIpc) is 2.39. The van der Waals surface area contributed by atoms with Gasteiger partial charge in [0.15, 0.2) is 11.5 Å². The maximum absolute atomic E-state index is 9.91. The van der Waals surface area contributed by atoms with Gasteiger partial charge in [0.25, 0.3) is 0 Å². The van der Waals surface area contributed by atoms with Gasteiger partial charge < -0.3 is 19.9 Å². The van der Waals surface area contributed by atoms with Crippen LogP contribution in [-0.2, 0) is 11.3 Å². The molecule has 0 saturated heterocycles. The van der Waals surface area contributed by atoms with E-state index in [-0.39, 0.29) is 5.75 Å². The van der Waals surface area contributed by atoms with Crippen LogP contribution in [0.3, 0.4) is 0 Å². The highest BCUT2D eigenvalue weighted by molar-refractivity contribution is 5.45. The van der Waals surface area contributed by atoms with E-state index in [0.29, 0.717) is 18.4 Å². The molecule has 1 rings (SSSR count). The first-order valence-corrected chi connectivity index (χ1v) is 6.82. The van der Waals surface area contributed by atoms with Crippen LogP contribution in [0.5, 0.6) is 11.5 Å². The number of para-hydroxylation sites is 1. The van der Waals surface area contributed by atoms with E-state index in [1.807, 2.05) is 26.0 Å². The van der Waals surface area contributed by atoms with Crippen molar-refractivity contribution in [2.24, 2.45) is 0 Å². The third-order valence-electron chi connectivity index (χ3n) is 2.82. The van der Waals surface area contributed by atoms with E-state index < -0.39 is 0 Å². The van der Waals surface area contributed by atoms with E-state index in [1.165, 1.54) is 0 Å². The summed E-state index contributed by atoms with van der Waals surface area (Å²) < 4.78 is 10.5. The Morgan fingerprint density at radius 1 is 1.26 bits per heavy atom. The summed E-state index contributed by atoms with van der Waals surface area (Å²) >= 11 is 0. The van der Waals surface area contributed by atoms with Crippen LogP contribution in [0.25, 0.3) is 0 Å². The minimum Gasteiger partial charge on any atom is -0.504 e. The molecule has 0 aromatic heterocycles. The van der Waals surface area contributed by atoms with Crippen molar-refractivity contribution in [3.05, 3.63) is 23.8 Å². The molecule has 0 spiro atoms. The average molecular weight is 267 g/mol. The number of aromatic hydroxyl groups is 1. The summed E-state index contributed by atoms with van der Waals surface area (Å²) in [6.45, 7) is 6.46. The molecule has 0 unspecified atom stereocenters. The number of rotatable bonds is 9. The number of nitrogens with one attached hydrogen (secondary N) is 1. The fourth-order valence-electron chi connectivity index (χ4n) is 1.77. The number of hydrogen-bond acceptors (Lipinski definition) is 4. The van der Waals surface area contributed by atoms with Gasteiger partial charge in [-0.3, -0.25) is 0 Å². The van der Waals surface area contributed by atoms with Crippen LogP contribution >= 0.6 is 0 Å². The predicted molar refractivity (Wildman–Crippen MR) is 76.7 cm³/mol. The molecule has 0 saturated carbocycles. The van der Waals surface area contributed by atoms with E-state index in [2.05, 4.69) is 5.32 Å². The second-order valence-corrected chi connectivity index (χ2v) is 4.77. The van der Waals surface area contributed by atoms with Crippen molar-refractivity contribution < 1.29 is 14.6 Å². The summed E-state index contributed by atoms with van der Waals surface area (Å²) in [5.41, 5.74) is 0.859. The number of ether oxygens (including phenoxy) is 2. The van der Waals surface area contributed by atoms with Crippen LogP contribution in [0.1, 0.15) is 32.3 Å². The number of unbranched alkanes of at least 4 members (excludes halogenated alkanes) is 1. The van der Waals surface area contributed by atoms with E-state index in [0.717, 1.165) is 31.6 Å². The fraction of sp³-hybridized carbons (Fsp3) is 0.600. The largest absolute Gasteiger partial charge is 0.504 e. The molecule has 1 aromatic rings. The maximum Gasteiger partial charge on any atom is 0.162 e. The lowest BCUT2D eigenvalue weighted by molar-refractivity contribution is 0.0760. The van der Waals surface area contributed by atoms with Crippen LogP contribution in [0.4, 0.5) is 0 Å². The Morgan fingerprint density at radius 3 is 2.74 bits per heavy atom. The van der Waals surface area contributed by atoms with Crippen LogP contribution in [0.2, 0.25) is 0 Å².